The number of ether oxygens (including phenoxy) is 1. The van der Waals surface area contributed by atoms with E-state index in [0.29, 0.717) is 6.61 Å². The van der Waals surface area contributed by atoms with Crippen LogP contribution in [0.2, 0.25) is 0 Å². The van der Waals surface area contributed by atoms with Gasteiger partial charge in [0.25, 0.3) is 0 Å². The van der Waals surface area contributed by atoms with Gasteiger partial charge in [0, 0.05) is 10.5 Å². The molecule has 0 atom stereocenters. The Hall–Kier alpha value is -3.32. The molecule has 1 N–H and O–H groups in total. The van der Waals surface area contributed by atoms with Gasteiger partial charge in [-0.05, 0) is 37.1 Å². The molecule has 0 radical (unpaired) electrons. The lowest BCUT2D eigenvalue weighted by Crippen LogP contribution is -2.26. The van der Waals surface area contributed by atoms with Crippen LogP contribution in [0.25, 0.3) is 16.9 Å². The monoisotopic (exact) mass is 446 g/mol. The van der Waals surface area contributed by atoms with E-state index in [4.69, 9.17) is 14.8 Å². The number of amides is 1. The molecule has 7 heteroatoms. The molecule has 0 aliphatic rings. The third-order valence-electron chi connectivity index (χ3n) is 4.78. The van der Waals surface area contributed by atoms with Gasteiger partial charge in [0.2, 0.25) is 0 Å². The lowest BCUT2D eigenvalue weighted by molar-refractivity contribution is 0.132. The van der Waals surface area contributed by atoms with Crippen molar-refractivity contribution in [1.29, 1.82) is 0 Å². The number of imidazole rings is 1. The highest BCUT2D eigenvalue weighted by molar-refractivity contribution is 7.99. The molecule has 1 amide bonds. The third-order valence-corrected chi connectivity index (χ3v) is 5.72. The van der Waals surface area contributed by atoms with Crippen molar-refractivity contribution in [3.05, 3.63) is 78.0 Å². The van der Waals surface area contributed by atoms with E-state index in [0.717, 1.165) is 32.5 Å². The lowest BCUT2D eigenvalue weighted by atomic mass is 10.1. The number of rotatable bonds is 7. The molecule has 0 bridgehead atoms. The zero-order valence-corrected chi connectivity index (χ0v) is 19.2. The molecule has 0 saturated carbocycles. The van der Waals surface area contributed by atoms with Gasteiger partial charge in [-0.2, -0.15) is 5.10 Å². The zero-order chi connectivity index (χ0) is 22.5. The summed E-state index contributed by atoms with van der Waals surface area (Å²) in [6.45, 7) is 6.69. The molecule has 0 unspecified atom stereocenters. The minimum atomic E-state index is -0.446. The van der Waals surface area contributed by atoms with Crippen LogP contribution in [0.5, 0.6) is 0 Å². The van der Waals surface area contributed by atoms with Crippen molar-refractivity contribution < 1.29 is 9.53 Å². The average molecular weight is 447 g/mol. The predicted octanol–water partition coefficient (Wildman–Crippen LogP) is 5.74. The third kappa shape index (κ3) is 5.29. The van der Waals surface area contributed by atoms with Gasteiger partial charge in [-0.15, -0.1) is 0 Å². The molecular weight excluding hydrogens is 420 g/mol. The van der Waals surface area contributed by atoms with Crippen molar-refractivity contribution in [3.8, 4) is 11.3 Å². The van der Waals surface area contributed by atoms with Crippen LogP contribution in [-0.2, 0) is 11.3 Å². The molecule has 32 heavy (non-hydrogen) atoms. The normalized spacial score (nSPS) is 11.1. The highest BCUT2D eigenvalue weighted by atomic mass is 32.2. The number of hydrogen-bond acceptors (Lipinski definition) is 5. The summed E-state index contributed by atoms with van der Waals surface area (Å²) in [7, 11) is 0. The first-order chi connectivity index (χ1) is 15.5. The standard InChI is InChI=1S/C25H26N4O2S/c1-17(2)16-31-25(30)26-15-21-24(19-11-9-18(3)10-12-19)27-22-13-14-23(28-29(21)22)32-20-7-5-4-6-8-20/h4-14,17H,15-16H2,1-3H3,(H,26,30). The molecule has 4 rings (SSSR count). The summed E-state index contributed by atoms with van der Waals surface area (Å²) in [4.78, 5) is 18.1. The van der Waals surface area contributed by atoms with E-state index < -0.39 is 6.09 Å². The van der Waals surface area contributed by atoms with Crippen molar-refractivity contribution in [2.45, 2.75) is 37.2 Å². The van der Waals surface area contributed by atoms with Crippen LogP contribution in [0.4, 0.5) is 4.79 Å². The van der Waals surface area contributed by atoms with Crippen molar-refractivity contribution >= 4 is 23.5 Å². The number of nitrogens with zero attached hydrogens (tertiary/aromatic N) is 3. The van der Waals surface area contributed by atoms with Crippen LogP contribution in [0.15, 0.2) is 76.7 Å². The number of hydrogen-bond donors (Lipinski definition) is 1. The molecule has 2 heterocycles. The maximum Gasteiger partial charge on any atom is 0.407 e. The number of carbonyl (C=O) groups is 1. The van der Waals surface area contributed by atoms with Crippen LogP contribution >= 0.6 is 11.8 Å². The summed E-state index contributed by atoms with van der Waals surface area (Å²) in [6, 6.07) is 22.2. The van der Waals surface area contributed by atoms with Gasteiger partial charge in [-0.25, -0.2) is 14.3 Å². The minimum Gasteiger partial charge on any atom is -0.449 e. The number of nitrogens with one attached hydrogen (secondary N) is 1. The SMILES string of the molecule is Cc1ccc(-c2nc3ccc(Sc4ccccc4)nn3c2CNC(=O)OCC(C)C)cc1. The molecule has 0 aliphatic carbocycles. The molecular formula is C25H26N4O2S. The molecule has 0 saturated heterocycles. The van der Waals surface area contributed by atoms with Gasteiger partial charge in [0.15, 0.2) is 5.65 Å². The smallest absolute Gasteiger partial charge is 0.407 e. The van der Waals surface area contributed by atoms with Crippen molar-refractivity contribution in [1.82, 2.24) is 19.9 Å². The molecule has 0 fully saturated rings. The number of carbonyl (C=O) groups excluding carboxylic acids is 1. The Morgan fingerprint density at radius 1 is 1.06 bits per heavy atom. The minimum absolute atomic E-state index is 0.258. The maximum absolute atomic E-state index is 12.2. The number of aryl methyl sites for hydroxylation is 1. The Bertz CT molecular complexity index is 1200. The summed E-state index contributed by atoms with van der Waals surface area (Å²) in [6.07, 6.45) is -0.446. The molecule has 0 spiro atoms. The van der Waals surface area contributed by atoms with E-state index in [-0.39, 0.29) is 12.5 Å². The zero-order valence-electron chi connectivity index (χ0n) is 18.4. The van der Waals surface area contributed by atoms with Crippen molar-refractivity contribution in [2.75, 3.05) is 6.61 Å². The van der Waals surface area contributed by atoms with Gasteiger partial charge in [-0.3, -0.25) is 0 Å². The number of fused-ring (bicyclic) bond motifs is 1. The van der Waals surface area contributed by atoms with Crippen LogP contribution in [0.3, 0.4) is 0 Å². The van der Waals surface area contributed by atoms with Gasteiger partial charge in [-0.1, -0.05) is 73.6 Å². The van der Waals surface area contributed by atoms with Gasteiger partial charge in [0.1, 0.15) is 5.03 Å². The maximum atomic E-state index is 12.2. The Morgan fingerprint density at radius 2 is 1.81 bits per heavy atom. The van der Waals surface area contributed by atoms with E-state index in [9.17, 15) is 4.79 Å². The summed E-state index contributed by atoms with van der Waals surface area (Å²) in [5.41, 5.74) is 4.48. The van der Waals surface area contributed by atoms with E-state index in [2.05, 4.69) is 36.5 Å². The first-order valence-electron chi connectivity index (χ1n) is 10.6. The van der Waals surface area contributed by atoms with Gasteiger partial charge >= 0.3 is 6.09 Å². The van der Waals surface area contributed by atoms with Crippen LogP contribution in [0, 0.1) is 12.8 Å². The molecule has 4 aromatic rings. The average Bonchev–Trinajstić information content (AvgIpc) is 3.15. The Labute approximate surface area is 192 Å². The topological polar surface area (TPSA) is 68.5 Å². The molecule has 2 aromatic heterocycles. The first-order valence-corrected chi connectivity index (χ1v) is 11.4. The number of aromatic nitrogens is 3. The van der Waals surface area contributed by atoms with E-state index >= 15 is 0 Å². The highest BCUT2D eigenvalue weighted by Gasteiger charge is 2.17. The van der Waals surface area contributed by atoms with E-state index in [1.54, 1.807) is 11.8 Å². The summed E-state index contributed by atoms with van der Waals surface area (Å²) in [5, 5.41) is 8.51. The van der Waals surface area contributed by atoms with Gasteiger partial charge < -0.3 is 10.1 Å². The highest BCUT2D eigenvalue weighted by Crippen LogP contribution is 2.28. The second-order valence-electron chi connectivity index (χ2n) is 7.98. The second kappa shape index (κ2) is 9.87. The fourth-order valence-corrected chi connectivity index (χ4v) is 3.97. The predicted molar refractivity (Wildman–Crippen MR) is 127 cm³/mol. The largest absolute Gasteiger partial charge is 0.449 e. The van der Waals surface area contributed by atoms with Crippen LogP contribution < -0.4 is 5.32 Å². The Balaban J connectivity index is 1.68. The molecule has 6 nitrogen and oxygen atoms in total. The van der Waals surface area contributed by atoms with E-state index in [1.165, 1.54) is 5.56 Å². The van der Waals surface area contributed by atoms with Crippen molar-refractivity contribution in [2.24, 2.45) is 5.92 Å². The number of benzene rings is 2. The fraction of sp³-hybridized carbons (Fsp3) is 0.240. The lowest BCUT2D eigenvalue weighted by Gasteiger charge is -2.10. The first kappa shape index (κ1) is 21.9. The fourth-order valence-electron chi connectivity index (χ4n) is 3.18. The molecule has 164 valence electrons. The van der Waals surface area contributed by atoms with Crippen LogP contribution in [0.1, 0.15) is 25.1 Å². The van der Waals surface area contributed by atoms with Gasteiger partial charge in [0.05, 0.1) is 24.5 Å². The molecule has 2 aromatic carbocycles. The van der Waals surface area contributed by atoms with Crippen LogP contribution in [-0.4, -0.2) is 27.3 Å². The van der Waals surface area contributed by atoms with Crippen molar-refractivity contribution in [3.63, 3.8) is 0 Å². The summed E-state index contributed by atoms with van der Waals surface area (Å²) in [5.74, 6) is 0.277. The summed E-state index contributed by atoms with van der Waals surface area (Å²) >= 11 is 1.58. The summed E-state index contributed by atoms with van der Waals surface area (Å²) < 4.78 is 7.08. The quantitative estimate of drug-likeness (QED) is 0.392. The Kier molecular flexibility index (Phi) is 6.75. The second-order valence-corrected chi connectivity index (χ2v) is 9.07. The molecule has 0 aliphatic heterocycles. The Morgan fingerprint density at radius 3 is 2.53 bits per heavy atom. The number of alkyl carbamates (subject to hydrolysis) is 1. The van der Waals surface area contributed by atoms with E-state index in [1.807, 2.05) is 60.8 Å².